The molecule has 0 spiro atoms. The second-order valence-electron chi connectivity index (χ2n) is 7.27. The van der Waals surface area contributed by atoms with Crippen LogP contribution >= 0.6 is 0 Å². The quantitative estimate of drug-likeness (QED) is 0.596. The summed E-state index contributed by atoms with van der Waals surface area (Å²) in [7, 11) is 0. The minimum atomic E-state index is -0.729. The Kier molecular flexibility index (Phi) is 5.53. The highest BCUT2D eigenvalue weighted by atomic mass is 16.5. The lowest BCUT2D eigenvalue weighted by Gasteiger charge is -2.10. The highest BCUT2D eigenvalue weighted by Crippen LogP contribution is 2.35. The molecule has 0 saturated carbocycles. The van der Waals surface area contributed by atoms with Crippen LogP contribution in [0.3, 0.4) is 0 Å². The molecule has 3 aromatic rings. The van der Waals surface area contributed by atoms with Crippen molar-refractivity contribution in [2.24, 2.45) is 0 Å². The van der Waals surface area contributed by atoms with Gasteiger partial charge in [-0.25, -0.2) is 9.48 Å². The van der Waals surface area contributed by atoms with Crippen molar-refractivity contribution in [3.8, 4) is 11.1 Å². The van der Waals surface area contributed by atoms with Gasteiger partial charge in [0, 0.05) is 11.3 Å². The number of fused-ring (bicyclic) bond motifs is 1. The maximum Gasteiger partial charge on any atom is 0.338 e. The molecule has 8 nitrogen and oxygen atoms in total. The summed E-state index contributed by atoms with van der Waals surface area (Å²) in [5.41, 5.74) is 3.82. The molecular weight excluding hydrogens is 396 g/mol. The maximum atomic E-state index is 12.5. The van der Waals surface area contributed by atoms with Crippen LogP contribution in [0.1, 0.15) is 35.3 Å². The van der Waals surface area contributed by atoms with Gasteiger partial charge in [0.25, 0.3) is 5.91 Å². The van der Waals surface area contributed by atoms with E-state index in [9.17, 15) is 14.4 Å². The van der Waals surface area contributed by atoms with Crippen LogP contribution in [0.2, 0.25) is 0 Å². The first-order chi connectivity index (χ1) is 15.0. The van der Waals surface area contributed by atoms with E-state index in [0.29, 0.717) is 23.7 Å². The van der Waals surface area contributed by atoms with Gasteiger partial charge in [-0.15, -0.1) is 0 Å². The van der Waals surface area contributed by atoms with E-state index in [-0.39, 0.29) is 18.2 Å². The number of aryl methyl sites for hydroxylation is 1. The summed E-state index contributed by atoms with van der Waals surface area (Å²) in [6.45, 7) is 4.04. The number of hydrogen-bond donors (Lipinski definition) is 2. The van der Waals surface area contributed by atoms with Crippen LogP contribution < -0.4 is 10.6 Å². The number of anilines is 2. The van der Waals surface area contributed by atoms with Gasteiger partial charge in [0.2, 0.25) is 5.91 Å². The molecule has 2 amide bonds. The zero-order valence-corrected chi connectivity index (χ0v) is 17.2. The van der Waals surface area contributed by atoms with Crippen LogP contribution in [0, 0.1) is 6.92 Å². The molecule has 2 heterocycles. The Balaban J connectivity index is 1.45. The van der Waals surface area contributed by atoms with Crippen LogP contribution in [0.25, 0.3) is 11.1 Å². The molecular formula is C23H22N4O4. The lowest BCUT2D eigenvalue weighted by Crippen LogP contribution is -2.23. The van der Waals surface area contributed by atoms with E-state index in [1.165, 1.54) is 0 Å². The minimum absolute atomic E-state index is 0.0620. The van der Waals surface area contributed by atoms with Gasteiger partial charge in [-0.2, -0.15) is 5.10 Å². The molecule has 1 aliphatic heterocycles. The Morgan fingerprint density at radius 2 is 1.84 bits per heavy atom. The van der Waals surface area contributed by atoms with Crippen molar-refractivity contribution in [1.82, 2.24) is 9.78 Å². The van der Waals surface area contributed by atoms with Gasteiger partial charge >= 0.3 is 5.97 Å². The molecule has 0 fully saturated rings. The predicted octanol–water partition coefficient (Wildman–Crippen LogP) is 3.56. The van der Waals surface area contributed by atoms with Crippen molar-refractivity contribution in [1.29, 1.82) is 0 Å². The van der Waals surface area contributed by atoms with Gasteiger partial charge in [0.05, 0.1) is 24.8 Å². The summed E-state index contributed by atoms with van der Waals surface area (Å²) < 4.78 is 6.50. The second kappa shape index (κ2) is 8.43. The van der Waals surface area contributed by atoms with Gasteiger partial charge < -0.3 is 15.4 Å². The number of rotatable bonds is 6. The second-order valence-corrected chi connectivity index (χ2v) is 7.27. The molecule has 2 aromatic carbocycles. The van der Waals surface area contributed by atoms with Crippen molar-refractivity contribution in [3.63, 3.8) is 0 Å². The van der Waals surface area contributed by atoms with Crippen LogP contribution in [-0.2, 0) is 14.3 Å². The molecule has 1 atom stereocenters. The largest absolute Gasteiger partial charge is 0.462 e. The summed E-state index contributed by atoms with van der Waals surface area (Å²) >= 11 is 0. The highest BCUT2D eigenvalue weighted by Gasteiger charge is 2.35. The zero-order valence-electron chi connectivity index (χ0n) is 17.2. The first-order valence-electron chi connectivity index (χ1n) is 9.98. The smallest absolute Gasteiger partial charge is 0.338 e. The summed E-state index contributed by atoms with van der Waals surface area (Å²) in [4.78, 5) is 36.7. The van der Waals surface area contributed by atoms with Crippen molar-refractivity contribution in [2.45, 2.75) is 26.3 Å². The average molecular weight is 418 g/mol. The molecule has 0 saturated heterocycles. The molecule has 8 heteroatoms. The van der Waals surface area contributed by atoms with Gasteiger partial charge in [0.1, 0.15) is 11.9 Å². The Labute approximate surface area is 179 Å². The normalized spacial score (nSPS) is 14.6. The van der Waals surface area contributed by atoms with E-state index in [2.05, 4.69) is 15.7 Å². The Morgan fingerprint density at radius 1 is 1.13 bits per heavy atom. The van der Waals surface area contributed by atoms with Crippen LogP contribution in [0.4, 0.5) is 11.5 Å². The van der Waals surface area contributed by atoms with Crippen molar-refractivity contribution < 1.29 is 19.1 Å². The number of esters is 1. The first-order valence-corrected chi connectivity index (χ1v) is 9.98. The molecule has 1 aromatic heterocycles. The molecule has 4 rings (SSSR count). The third-order valence-electron chi connectivity index (χ3n) is 5.06. The third-order valence-corrected chi connectivity index (χ3v) is 5.06. The number of carbonyl (C=O) groups is 3. The van der Waals surface area contributed by atoms with Crippen LogP contribution in [0.15, 0.2) is 54.7 Å². The highest BCUT2D eigenvalue weighted by molar-refractivity contribution is 6.04. The molecule has 0 bridgehead atoms. The van der Waals surface area contributed by atoms with E-state index in [1.807, 2.05) is 31.2 Å². The minimum Gasteiger partial charge on any atom is -0.462 e. The van der Waals surface area contributed by atoms with Gasteiger partial charge in [0.15, 0.2) is 0 Å². The average Bonchev–Trinajstić information content (AvgIpc) is 3.29. The fourth-order valence-electron chi connectivity index (χ4n) is 3.45. The molecule has 0 radical (unpaired) electrons. The van der Waals surface area contributed by atoms with E-state index in [1.54, 1.807) is 42.1 Å². The summed E-state index contributed by atoms with van der Waals surface area (Å²) in [5.74, 6) is -0.433. The number of amides is 2. The number of hydrogen-bond acceptors (Lipinski definition) is 5. The SMILES string of the molecule is CCOC(=O)c1ccc(NC(=O)CC2C(=O)Nc3c(-c4ccc(C)cc4)cnn32)cc1. The van der Waals surface area contributed by atoms with Crippen molar-refractivity contribution >= 4 is 29.3 Å². The van der Waals surface area contributed by atoms with E-state index in [4.69, 9.17) is 4.74 Å². The van der Waals surface area contributed by atoms with Crippen LogP contribution in [-0.4, -0.2) is 34.2 Å². The van der Waals surface area contributed by atoms with Gasteiger partial charge in [-0.1, -0.05) is 29.8 Å². The first kappa shape index (κ1) is 20.3. The lowest BCUT2D eigenvalue weighted by atomic mass is 10.1. The predicted molar refractivity (Wildman–Crippen MR) is 116 cm³/mol. The summed E-state index contributed by atoms with van der Waals surface area (Å²) in [6.07, 6.45) is 1.63. The van der Waals surface area contributed by atoms with Gasteiger partial charge in [-0.05, 0) is 43.7 Å². The van der Waals surface area contributed by atoms with E-state index in [0.717, 1.165) is 16.7 Å². The molecule has 0 aliphatic carbocycles. The fraction of sp³-hybridized carbons (Fsp3) is 0.217. The maximum absolute atomic E-state index is 12.5. The van der Waals surface area contributed by atoms with Crippen LogP contribution in [0.5, 0.6) is 0 Å². The van der Waals surface area contributed by atoms with E-state index >= 15 is 0 Å². The number of nitrogens with zero attached hydrogens (tertiary/aromatic N) is 2. The van der Waals surface area contributed by atoms with E-state index < -0.39 is 12.0 Å². The van der Waals surface area contributed by atoms with Crippen molar-refractivity contribution in [2.75, 3.05) is 17.2 Å². The number of carbonyl (C=O) groups excluding carboxylic acids is 3. The molecule has 31 heavy (non-hydrogen) atoms. The lowest BCUT2D eigenvalue weighted by molar-refractivity contribution is -0.123. The monoisotopic (exact) mass is 418 g/mol. The number of ether oxygens (including phenoxy) is 1. The Hall–Kier alpha value is -3.94. The topological polar surface area (TPSA) is 102 Å². The Morgan fingerprint density at radius 3 is 2.52 bits per heavy atom. The molecule has 158 valence electrons. The molecule has 1 aliphatic rings. The number of benzene rings is 2. The standard InChI is InChI=1S/C23H22N4O4/c1-3-31-23(30)16-8-10-17(11-9-16)25-20(28)12-19-22(29)26-21-18(13-24-27(19)21)15-6-4-14(2)5-7-15/h4-11,13,19H,3,12H2,1-2H3,(H,25,28)(H,26,29). The van der Waals surface area contributed by atoms with Gasteiger partial charge in [-0.3, -0.25) is 9.59 Å². The zero-order chi connectivity index (χ0) is 22.0. The van der Waals surface area contributed by atoms with Crippen molar-refractivity contribution in [3.05, 3.63) is 65.9 Å². The third kappa shape index (κ3) is 4.18. The molecule has 2 N–H and O–H groups in total. The fourth-order valence-corrected chi connectivity index (χ4v) is 3.45. The molecule has 1 unspecified atom stereocenters. The summed E-state index contributed by atoms with van der Waals surface area (Å²) in [5, 5.41) is 9.93. The summed E-state index contributed by atoms with van der Waals surface area (Å²) in [6, 6.07) is 13.6. The number of nitrogens with one attached hydrogen (secondary N) is 2. The number of aromatic nitrogens is 2. The Bertz CT molecular complexity index is 1130.